The summed E-state index contributed by atoms with van der Waals surface area (Å²) < 4.78 is 16.2. The van der Waals surface area contributed by atoms with Crippen LogP contribution in [0.3, 0.4) is 0 Å². The Morgan fingerprint density at radius 1 is 0.507 bits per heavy atom. The monoisotopic (exact) mass is 1020 g/mol. The molecule has 2 saturated carbocycles. The molecular weight excluding hydrogens is 939 g/mol. The zero-order valence-corrected chi connectivity index (χ0v) is 48.4. The van der Waals surface area contributed by atoms with E-state index in [0.717, 1.165) is 172 Å². The number of hydrogen-bond donors (Lipinski definition) is 0. The number of aryl methyl sites for hydroxylation is 6. The minimum atomic E-state index is 0.274. The van der Waals surface area contributed by atoms with Crippen LogP contribution in [0.2, 0.25) is 0 Å². The fraction of sp³-hybridized carbons (Fsp3) is 0.644. The Morgan fingerprint density at radius 2 is 0.920 bits per heavy atom. The third-order valence-corrected chi connectivity index (χ3v) is 16.6. The topological polar surface area (TPSA) is 168 Å². The minimum absolute atomic E-state index is 0.274. The summed E-state index contributed by atoms with van der Waals surface area (Å²) in [5.41, 5.74) is 13.9. The fourth-order valence-corrected chi connectivity index (χ4v) is 11.7. The van der Waals surface area contributed by atoms with E-state index in [4.69, 9.17) is 43.5 Å². The van der Waals surface area contributed by atoms with Crippen molar-refractivity contribution in [2.75, 3.05) is 69.2 Å². The minimum Gasteiger partial charge on any atom is -0.361 e. The van der Waals surface area contributed by atoms with Crippen LogP contribution in [0.25, 0.3) is 33.8 Å². The van der Waals surface area contributed by atoms with E-state index < -0.39 is 0 Å². The van der Waals surface area contributed by atoms with E-state index in [1.54, 1.807) is 0 Å². The SMILES string of the molecule is CCC1CC(Cc2nc(C(C)C)nc(-c3c(C)noc3C)c2C)C1.Cc1noc(C)c1-c1nc(C(C)C)nc(N2CC3(C2)CN(C2CC2)C3)c1C.Cc1noc(C)c1-c1nc(C(C)C)nc(N2CCN(C)CC2)c1C. The molecule has 2 aliphatic carbocycles. The van der Waals surface area contributed by atoms with Crippen LogP contribution in [-0.4, -0.2) is 121 Å². The van der Waals surface area contributed by atoms with Gasteiger partial charge >= 0.3 is 0 Å². The van der Waals surface area contributed by atoms with Crippen LogP contribution in [0.4, 0.5) is 11.6 Å². The molecule has 6 aromatic heterocycles. The van der Waals surface area contributed by atoms with Crippen LogP contribution < -0.4 is 9.80 Å². The number of aromatic nitrogens is 9. The summed E-state index contributed by atoms with van der Waals surface area (Å²) in [6.45, 7) is 42.3. The molecule has 0 radical (unpaired) electrons. The molecule has 16 heteroatoms. The maximum absolute atomic E-state index is 5.42. The zero-order valence-electron chi connectivity index (χ0n) is 48.4. The van der Waals surface area contributed by atoms with Crippen molar-refractivity contribution in [3.05, 3.63) is 74.2 Å². The molecule has 3 saturated heterocycles. The van der Waals surface area contributed by atoms with Crippen LogP contribution in [0.15, 0.2) is 13.6 Å². The Morgan fingerprint density at radius 3 is 1.31 bits per heavy atom. The van der Waals surface area contributed by atoms with Crippen molar-refractivity contribution in [3.63, 3.8) is 0 Å². The highest BCUT2D eigenvalue weighted by Gasteiger charge is 2.55. The highest BCUT2D eigenvalue weighted by molar-refractivity contribution is 5.73. The van der Waals surface area contributed by atoms with E-state index in [1.807, 2.05) is 41.5 Å². The van der Waals surface area contributed by atoms with Gasteiger partial charge in [0.15, 0.2) is 0 Å². The summed E-state index contributed by atoms with van der Waals surface area (Å²) >= 11 is 0. The predicted octanol–water partition coefficient (Wildman–Crippen LogP) is 11.6. The summed E-state index contributed by atoms with van der Waals surface area (Å²) in [7, 11) is 2.17. The van der Waals surface area contributed by atoms with Gasteiger partial charge in [0, 0.05) is 98.4 Å². The van der Waals surface area contributed by atoms with Gasteiger partial charge in [0.25, 0.3) is 0 Å². The van der Waals surface area contributed by atoms with Gasteiger partial charge in [0.2, 0.25) is 0 Å². The second-order valence-electron chi connectivity index (χ2n) is 23.9. The second-order valence-corrected chi connectivity index (χ2v) is 23.9. The van der Waals surface area contributed by atoms with Crippen LogP contribution in [-0.2, 0) is 6.42 Å². The van der Waals surface area contributed by atoms with E-state index >= 15 is 0 Å². The summed E-state index contributed by atoms with van der Waals surface area (Å²) in [4.78, 5) is 39.3. The molecule has 0 amide bonds. The van der Waals surface area contributed by atoms with Crippen LogP contribution >= 0.6 is 0 Å². The summed E-state index contributed by atoms with van der Waals surface area (Å²) in [6, 6.07) is 0.893. The molecule has 5 fully saturated rings. The molecule has 75 heavy (non-hydrogen) atoms. The van der Waals surface area contributed by atoms with Gasteiger partial charge in [-0.15, -0.1) is 0 Å². The molecule has 0 unspecified atom stereocenters. The Bertz CT molecular complexity index is 2910. The lowest BCUT2D eigenvalue weighted by Gasteiger charge is -2.61. The highest BCUT2D eigenvalue weighted by Crippen LogP contribution is 2.47. The van der Waals surface area contributed by atoms with Gasteiger partial charge < -0.3 is 28.3 Å². The molecule has 6 aromatic rings. The van der Waals surface area contributed by atoms with Gasteiger partial charge in [-0.2, -0.15) is 0 Å². The molecule has 11 rings (SSSR count). The lowest BCUT2D eigenvalue weighted by Crippen LogP contribution is -2.72. The van der Waals surface area contributed by atoms with Gasteiger partial charge in [-0.3, -0.25) is 4.90 Å². The molecule has 0 atom stereocenters. The molecule has 9 heterocycles. The zero-order chi connectivity index (χ0) is 53.8. The van der Waals surface area contributed by atoms with Crippen LogP contribution in [0.5, 0.6) is 0 Å². The summed E-state index contributed by atoms with van der Waals surface area (Å²) in [5.74, 6) is 9.91. The van der Waals surface area contributed by atoms with Crippen molar-refractivity contribution < 1.29 is 13.6 Å². The van der Waals surface area contributed by atoms with E-state index in [-0.39, 0.29) is 11.8 Å². The average Bonchev–Trinajstić information content (AvgIpc) is 3.93. The molecule has 16 nitrogen and oxygen atoms in total. The molecular formula is C59H85N13O3. The van der Waals surface area contributed by atoms with Gasteiger partial charge in [0.05, 0.1) is 50.9 Å². The van der Waals surface area contributed by atoms with E-state index in [9.17, 15) is 0 Å². The molecule has 0 aromatic carbocycles. The van der Waals surface area contributed by atoms with Crippen molar-refractivity contribution in [3.8, 4) is 33.8 Å². The summed E-state index contributed by atoms with van der Waals surface area (Å²) in [5, 5.41) is 12.4. The third kappa shape index (κ3) is 11.2. The van der Waals surface area contributed by atoms with Crippen molar-refractivity contribution in [2.24, 2.45) is 17.3 Å². The van der Waals surface area contributed by atoms with Crippen LogP contribution in [0, 0.1) is 79.6 Å². The number of piperazine rings is 1. The largest absolute Gasteiger partial charge is 0.361 e. The normalized spacial score (nSPS) is 19.5. The molecule has 404 valence electrons. The Labute approximate surface area is 446 Å². The van der Waals surface area contributed by atoms with Crippen molar-refractivity contribution in [2.45, 2.75) is 173 Å². The first kappa shape index (κ1) is 54.2. The van der Waals surface area contributed by atoms with Gasteiger partial charge in [0.1, 0.15) is 46.4 Å². The molecule has 3 aliphatic heterocycles. The standard InChI is InChI=1S/C21H29N5O.C20H29N3O.C18H27N5O/c1-12(2)19-22-18(17-14(4)24-27-15(17)5)13(3)20(23-19)26-10-21(11-26)8-25(9-21)16-6-7-16;1-7-15-8-16(9-15)10-17-12(4)19(22-20(21-17)11(2)3)18-13(5)23-24-14(18)6;1-11(2)17-19-16(15-13(4)21-24-14(15)5)12(3)18(20-17)23-9-7-22(6)8-10-23/h12,16H,6-11H2,1-5H3;11,15-16H,7-10H2,1-6H3;11H,7-10H2,1-6H3. The van der Waals surface area contributed by atoms with Gasteiger partial charge in [-0.25, -0.2) is 29.9 Å². The number of hydrogen-bond acceptors (Lipinski definition) is 16. The first-order chi connectivity index (χ1) is 35.6. The number of likely N-dealkylation sites (N-methyl/N-ethyl adjacent to an activating group) is 1. The lowest BCUT2D eigenvalue weighted by molar-refractivity contribution is -0.0278. The smallest absolute Gasteiger partial charge is 0.143 e. The Balaban J connectivity index is 0.000000138. The van der Waals surface area contributed by atoms with Crippen molar-refractivity contribution >= 4 is 11.6 Å². The highest BCUT2D eigenvalue weighted by atomic mass is 16.5. The quantitative estimate of drug-likeness (QED) is 0.113. The predicted molar refractivity (Wildman–Crippen MR) is 297 cm³/mol. The van der Waals surface area contributed by atoms with Crippen molar-refractivity contribution in [1.29, 1.82) is 0 Å². The first-order valence-electron chi connectivity index (χ1n) is 28.0. The van der Waals surface area contributed by atoms with Gasteiger partial charge in [-0.1, -0.05) is 70.4 Å². The Kier molecular flexibility index (Phi) is 15.7. The van der Waals surface area contributed by atoms with E-state index in [1.165, 1.54) is 56.5 Å². The molecule has 1 spiro atoms. The average molecular weight is 1020 g/mol. The number of anilines is 2. The van der Waals surface area contributed by atoms with Gasteiger partial charge in [-0.05, 0) is 119 Å². The van der Waals surface area contributed by atoms with Crippen LogP contribution in [0.1, 0.15) is 173 Å². The maximum Gasteiger partial charge on any atom is 0.143 e. The third-order valence-electron chi connectivity index (χ3n) is 16.6. The number of nitrogens with zero attached hydrogens (tertiary/aromatic N) is 13. The summed E-state index contributed by atoms with van der Waals surface area (Å²) in [6.07, 6.45) is 7.88. The lowest BCUT2D eigenvalue weighted by atomic mass is 9.71. The second kappa shape index (κ2) is 21.8. The first-order valence-corrected chi connectivity index (χ1v) is 28.0. The molecule has 5 aliphatic rings. The number of likely N-dealkylation sites (tertiary alicyclic amines) is 1. The van der Waals surface area contributed by atoms with Crippen molar-refractivity contribution in [1.82, 2.24) is 55.2 Å². The molecule has 0 N–H and O–H groups in total. The molecule has 0 bridgehead atoms. The fourth-order valence-electron chi connectivity index (χ4n) is 11.7. The Hall–Kier alpha value is -5.61. The number of rotatable bonds is 12. The maximum atomic E-state index is 5.42. The van der Waals surface area contributed by atoms with E-state index in [0.29, 0.717) is 11.3 Å². The van der Waals surface area contributed by atoms with E-state index in [2.05, 4.69) is 111 Å².